The zero-order valence-electron chi connectivity index (χ0n) is 11.4. The minimum absolute atomic E-state index is 0.473. The van der Waals surface area contributed by atoms with Crippen LogP contribution in [0.25, 0.3) is 11.4 Å². The summed E-state index contributed by atoms with van der Waals surface area (Å²) < 4.78 is 0. The molecule has 0 N–H and O–H groups in total. The van der Waals surface area contributed by atoms with E-state index < -0.39 is 0 Å². The average molecular weight is 250 g/mol. The molecule has 1 fully saturated rings. The highest BCUT2D eigenvalue weighted by atomic mass is 14.8. The van der Waals surface area contributed by atoms with Crippen molar-refractivity contribution in [3.05, 3.63) is 47.8 Å². The minimum atomic E-state index is 0.473. The van der Waals surface area contributed by atoms with Crippen LogP contribution in [0.3, 0.4) is 0 Å². The van der Waals surface area contributed by atoms with E-state index in [9.17, 15) is 0 Å². The quantitative estimate of drug-likeness (QED) is 0.768. The highest BCUT2D eigenvalue weighted by molar-refractivity contribution is 5.56. The molecule has 0 aliphatic heterocycles. The third-order valence-electron chi connectivity index (χ3n) is 5.26. The first-order valence-electron chi connectivity index (χ1n) is 7.06. The number of aromatic nitrogens is 2. The van der Waals surface area contributed by atoms with Crippen molar-refractivity contribution in [2.75, 3.05) is 0 Å². The first kappa shape index (κ1) is 11.2. The van der Waals surface area contributed by atoms with Gasteiger partial charge in [-0.15, -0.1) is 0 Å². The zero-order chi connectivity index (χ0) is 13.0. The van der Waals surface area contributed by atoms with Gasteiger partial charge in [-0.25, -0.2) is 0 Å². The van der Waals surface area contributed by atoms with Gasteiger partial charge < -0.3 is 0 Å². The zero-order valence-corrected chi connectivity index (χ0v) is 11.4. The maximum absolute atomic E-state index is 4.64. The maximum Gasteiger partial charge on any atom is 0.0889 e. The van der Waals surface area contributed by atoms with E-state index in [4.69, 9.17) is 0 Å². The molecule has 2 heteroatoms. The van der Waals surface area contributed by atoms with Gasteiger partial charge in [-0.3, -0.25) is 9.97 Å². The summed E-state index contributed by atoms with van der Waals surface area (Å²) in [6.07, 6.45) is 6.49. The lowest BCUT2D eigenvalue weighted by atomic mass is 9.47. The number of rotatable bonds is 1. The van der Waals surface area contributed by atoms with Gasteiger partial charge in [-0.05, 0) is 59.4 Å². The topological polar surface area (TPSA) is 25.8 Å². The fourth-order valence-corrected chi connectivity index (χ4v) is 3.81. The van der Waals surface area contributed by atoms with Gasteiger partial charge in [0.05, 0.1) is 11.4 Å². The SMILES string of the molecule is CC1(C)C2Cc3cc(-c4ccccn4)ncc3C1C2. The van der Waals surface area contributed by atoms with Crippen LogP contribution in [0.4, 0.5) is 0 Å². The Bertz CT molecular complexity index is 631. The Morgan fingerprint density at radius 2 is 2.05 bits per heavy atom. The Hall–Kier alpha value is -1.70. The van der Waals surface area contributed by atoms with Crippen molar-refractivity contribution in [2.24, 2.45) is 11.3 Å². The van der Waals surface area contributed by atoms with Gasteiger partial charge in [-0.2, -0.15) is 0 Å². The van der Waals surface area contributed by atoms with E-state index in [1.54, 1.807) is 0 Å². The predicted octanol–water partition coefficient (Wildman–Crippen LogP) is 3.83. The van der Waals surface area contributed by atoms with Crippen LogP contribution in [0, 0.1) is 11.3 Å². The van der Waals surface area contributed by atoms with Crippen LogP contribution in [0.5, 0.6) is 0 Å². The summed E-state index contributed by atoms with van der Waals surface area (Å²) in [7, 11) is 0. The fraction of sp³-hybridized carbons (Fsp3) is 0.412. The van der Waals surface area contributed by atoms with E-state index in [0.717, 1.165) is 17.3 Å². The number of hydrogen-bond donors (Lipinski definition) is 0. The normalized spacial score (nSPS) is 26.4. The van der Waals surface area contributed by atoms with Crippen molar-refractivity contribution < 1.29 is 0 Å². The average Bonchev–Trinajstić information content (AvgIpc) is 2.46. The third kappa shape index (κ3) is 1.49. The Kier molecular flexibility index (Phi) is 2.15. The summed E-state index contributed by atoms with van der Waals surface area (Å²) in [6.45, 7) is 4.81. The van der Waals surface area contributed by atoms with E-state index in [1.807, 2.05) is 24.4 Å². The maximum atomic E-state index is 4.64. The van der Waals surface area contributed by atoms with Crippen LogP contribution in [0.15, 0.2) is 36.7 Å². The van der Waals surface area contributed by atoms with Crippen LogP contribution in [-0.2, 0) is 6.42 Å². The summed E-state index contributed by atoms with van der Waals surface area (Å²) in [6, 6.07) is 8.25. The van der Waals surface area contributed by atoms with Crippen molar-refractivity contribution >= 4 is 0 Å². The lowest BCUT2D eigenvalue weighted by Gasteiger charge is -2.57. The molecule has 19 heavy (non-hydrogen) atoms. The predicted molar refractivity (Wildman–Crippen MR) is 75.8 cm³/mol. The molecule has 2 bridgehead atoms. The molecule has 0 saturated heterocycles. The minimum Gasteiger partial charge on any atom is -0.255 e. The first-order valence-corrected chi connectivity index (χ1v) is 7.06. The van der Waals surface area contributed by atoms with E-state index in [0.29, 0.717) is 11.3 Å². The van der Waals surface area contributed by atoms with Crippen molar-refractivity contribution in [1.29, 1.82) is 0 Å². The lowest BCUT2D eigenvalue weighted by Crippen LogP contribution is -2.48. The van der Waals surface area contributed by atoms with Crippen molar-refractivity contribution in [3.8, 4) is 11.4 Å². The second-order valence-corrected chi connectivity index (χ2v) is 6.49. The molecule has 2 atom stereocenters. The molecule has 0 amide bonds. The third-order valence-corrected chi connectivity index (χ3v) is 5.26. The van der Waals surface area contributed by atoms with Gasteiger partial charge in [0.2, 0.25) is 0 Å². The summed E-state index contributed by atoms with van der Waals surface area (Å²) in [5.41, 5.74) is 5.44. The molecule has 3 aliphatic rings. The molecule has 96 valence electrons. The molecule has 0 spiro atoms. The van der Waals surface area contributed by atoms with Gasteiger partial charge in [0.1, 0.15) is 0 Å². The Morgan fingerprint density at radius 3 is 2.79 bits per heavy atom. The number of hydrogen-bond acceptors (Lipinski definition) is 2. The largest absolute Gasteiger partial charge is 0.255 e. The first-order chi connectivity index (χ1) is 9.16. The van der Waals surface area contributed by atoms with Crippen LogP contribution in [0.1, 0.15) is 37.3 Å². The van der Waals surface area contributed by atoms with Gasteiger partial charge in [-0.1, -0.05) is 19.9 Å². The molecule has 2 aromatic rings. The Balaban J connectivity index is 1.78. The van der Waals surface area contributed by atoms with Crippen LogP contribution in [0.2, 0.25) is 0 Å². The summed E-state index contributed by atoms with van der Waals surface area (Å²) in [5.74, 6) is 1.57. The van der Waals surface area contributed by atoms with E-state index in [2.05, 4.69) is 36.1 Å². The number of nitrogens with zero attached hydrogens (tertiary/aromatic N) is 2. The smallest absolute Gasteiger partial charge is 0.0889 e. The summed E-state index contributed by atoms with van der Waals surface area (Å²) in [5, 5.41) is 0. The van der Waals surface area contributed by atoms with Gasteiger partial charge >= 0.3 is 0 Å². The van der Waals surface area contributed by atoms with Crippen LogP contribution in [-0.4, -0.2) is 9.97 Å². The molecule has 2 heterocycles. The van der Waals surface area contributed by atoms with Crippen molar-refractivity contribution in [1.82, 2.24) is 9.97 Å². The molecule has 2 unspecified atom stereocenters. The highest BCUT2D eigenvalue weighted by Crippen LogP contribution is 2.62. The number of pyridine rings is 2. The summed E-state index contributed by atoms with van der Waals surface area (Å²) >= 11 is 0. The van der Waals surface area contributed by atoms with Crippen molar-refractivity contribution in [2.45, 2.75) is 32.6 Å². The molecule has 5 rings (SSSR count). The fourth-order valence-electron chi connectivity index (χ4n) is 3.81. The van der Waals surface area contributed by atoms with Crippen LogP contribution < -0.4 is 0 Å². The van der Waals surface area contributed by atoms with Gasteiger partial charge in [0.25, 0.3) is 0 Å². The Morgan fingerprint density at radius 1 is 1.16 bits per heavy atom. The van der Waals surface area contributed by atoms with E-state index in [1.165, 1.54) is 24.0 Å². The standard InChI is InChI=1S/C17H18N2/c1-17(2)12-7-11-8-16(15-5-3-4-6-18-15)19-10-13(11)14(17)9-12/h3-6,8,10,12,14H,7,9H2,1-2H3. The highest BCUT2D eigenvalue weighted by Gasteiger charge is 2.52. The van der Waals surface area contributed by atoms with Gasteiger partial charge in [0.15, 0.2) is 0 Å². The molecule has 1 saturated carbocycles. The second-order valence-electron chi connectivity index (χ2n) is 6.49. The molecule has 0 radical (unpaired) electrons. The lowest BCUT2D eigenvalue weighted by molar-refractivity contribution is 0.0183. The molecule has 3 aliphatic carbocycles. The second kappa shape index (κ2) is 3.66. The molecule has 0 aromatic carbocycles. The Labute approximate surface area is 113 Å². The molecular formula is C17H18N2. The monoisotopic (exact) mass is 250 g/mol. The van der Waals surface area contributed by atoms with Gasteiger partial charge in [0, 0.05) is 12.4 Å². The van der Waals surface area contributed by atoms with E-state index in [-0.39, 0.29) is 0 Å². The molecule has 2 aromatic heterocycles. The van der Waals surface area contributed by atoms with Crippen molar-refractivity contribution in [3.63, 3.8) is 0 Å². The van der Waals surface area contributed by atoms with E-state index >= 15 is 0 Å². The molecular weight excluding hydrogens is 232 g/mol. The molecule has 2 nitrogen and oxygen atoms in total. The van der Waals surface area contributed by atoms with Crippen LogP contribution >= 0.6 is 0 Å². The summed E-state index contributed by atoms with van der Waals surface area (Å²) in [4.78, 5) is 9.03.